The van der Waals surface area contributed by atoms with E-state index < -0.39 is 0 Å². The number of aryl methyl sites for hydroxylation is 2. The highest BCUT2D eigenvalue weighted by Crippen LogP contribution is 2.55. The van der Waals surface area contributed by atoms with E-state index >= 15 is 0 Å². The Kier molecular flexibility index (Phi) is 4.16. The van der Waals surface area contributed by atoms with Crippen molar-refractivity contribution in [3.8, 4) is 0 Å². The fourth-order valence-electron chi connectivity index (χ4n) is 4.01. The van der Waals surface area contributed by atoms with Crippen LogP contribution >= 0.6 is 0 Å². The van der Waals surface area contributed by atoms with E-state index in [2.05, 4.69) is 44.3 Å². The first kappa shape index (κ1) is 14.1. The van der Waals surface area contributed by atoms with Crippen LogP contribution in [0.15, 0.2) is 18.2 Å². The van der Waals surface area contributed by atoms with Crippen LogP contribution in [-0.4, -0.2) is 12.6 Å². The number of fused-ring (bicyclic) bond motifs is 1. The first-order valence-corrected chi connectivity index (χ1v) is 8.47. The number of rotatable bonds is 6. The summed E-state index contributed by atoms with van der Waals surface area (Å²) in [4.78, 5) is 0. The summed E-state index contributed by atoms with van der Waals surface area (Å²) >= 11 is 0. The summed E-state index contributed by atoms with van der Waals surface area (Å²) in [5.74, 6) is 3.10. The van der Waals surface area contributed by atoms with Crippen LogP contribution in [0, 0.1) is 31.6 Å². The molecular weight excluding hydrogens is 242 g/mol. The van der Waals surface area contributed by atoms with Crippen LogP contribution in [0.5, 0.6) is 0 Å². The lowest BCUT2D eigenvalue weighted by Crippen LogP contribution is -2.38. The topological polar surface area (TPSA) is 12.0 Å². The fourth-order valence-corrected chi connectivity index (χ4v) is 4.01. The average molecular weight is 271 g/mol. The van der Waals surface area contributed by atoms with Gasteiger partial charge in [-0.05, 0) is 86.9 Å². The maximum absolute atomic E-state index is 3.84. The minimum absolute atomic E-state index is 0.699. The molecule has 1 heteroatoms. The van der Waals surface area contributed by atoms with Crippen LogP contribution < -0.4 is 5.32 Å². The van der Waals surface area contributed by atoms with Crippen molar-refractivity contribution >= 4 is 0 Å². The number of benzene rings is 1. The van der Waals surface area contributed by atoms with Crippen molar-refractivity contribution < 1.29 is 0 Å². The van der Waals surface area contributed by atoms with Crippen molar-refractivity contribution in [2.24, 2.45) is 17.8 Å². The quantitative estimate of drug-likeness (QED) is 0.815. The van der Waals surface area contributed by atoms with Gasteiger partial charge in [0.15, 0.2) is 0 Å². The highest BCUT2D eigenvalue weighted by molar-refractivity contribution is 5.30. The van der Waals surface area contributed by atoms with Crippen LogP contribution in [-0.2, 0) is 6.42 Å². The average Bonchev–Trinajstić information content (AvgIpc) is 3.05. The van der Waals surface area contributed by atoms with Crippen LogP contribution in [0.2, 0.25) is 0 Å². The first-order valence-electron chi connectivity index (χ1n) is 8.47. The normalized spacial score (nSPS) is 29.2. The molecule has 1 aromatic rings. The molecule has 0 amide bonds. The molecule has 0 aliphatic heterocycles. The number of hydrogen-bond donors (Lipinski definition) is 1. The lowest BCUT2D eigenvalue weighted by molar-refractivity contribution is 0.332. The Morgan fingerprint density at radius 2 is 1.85 bits per heavy atom. The Hall–Kier alpha value is -0.820. The van der Waals surface area contributed by atoms with Gasteiger partial charge in [-0.1, -0.05) is 25.1 Å². The van der Waals surface area contributed by atoms with E-state index in [0.717, 1.165) is 17.8 Å². The molecule has 3 unspecified atom stereocenters. The van der Waals surface area contributed by atoms with Crippen molar-refractivity contribution in [2.45, 2.75) is 58.9 Å². The molecule has 110 valence electrons. The van der Waals surface area contributed by atoms with Gasteiger partial charge in [-0.2, -0.15) is 0 Å². The molecule has 0 saturated heterocycles. The predicted molar refractivity (Wildman–Crippen MR) is 86.0 cm³/mol. The molecule has 3 atom stereocenters. The van der Waals surface area contributed by atoms with Gasteiger partial charge in [-0.3, -0.25) is 0 Å². The summed E-state index contributed by atoms with van der Waals surface area (Å²) in [5.41, 5.74) is 4.36. The molecule has 0 bridgehead atoms. The van der Waals surface area contributed by atoms with Crippen molar-refractivity contribution in [1.29, 1.82) is 0 Å². The van der Waals surface area contributed by atoms with Gasteiger partial charge < -0.3 is 5.32 Å². The molecule has 0 heterocycles. The summed E-state index contributed by atoms with van der Waals surface area (Å²) in [5, 5.41) is 3.84. The Labute approximate surface area is 124 Å². The molecule has 0 radical (unpaired) electrons. The van der Waals surface area contributed by atoms with Crippen LogP contribution in [0.3, 0.4) is 0 Å². The lowest BCUT2D eigenvalue weighted by Gasteiger charge is -2.26. The molecule has 2 aliphatic rings. The third kappa shape index (κ3) is 3.09. The van der Waals surface area contributed by atoms with Gasteiger partial charge in [0.1, 0.15) is 0 Å². The molecule has 2 saturated carbocycles. The Morgan fingerprint density at radius 1 is 1.10 bits per heavy atom. The molecule has 1 aromatic carbocycles. The van der Waals surface area contributed by atoms with Crippen molar-refractivity contribution in [2.75, 3.05) is 6.54 Å². The minimum atomic E-state index is 0.699. The largest absolute Gasteiger partial charge is 0.313 e. The van der Waals surface area contributed by atoms with Gasteiger partial charge >= 0.3 is 0 Å². The summed E-state index contributed by atoms with van der Waals surface area (Å²) in [6, 6.07) is 7.71. The lowest BCUT2D eigenvalue weighted by atomic mass is 9.89. The van der Waals surface area contributed by atoms with E-state index in [-0.39, 0.29) is 0 Å². The Morgan fingerprint density at radius 3 is 2.50 bits per heavy atom. The monoisotopic (exact) mass is 271 g/mol. The highest BCUT2D eigenvalue weighted by atomic mass is 14.9. The van der Waals surface area contributed by atoms with Gasteiger partial charge in [0.2, 0.25) is 0 Å². The molecule has 2 fully saturated rings. The molecule has 0 aromatic heterocycles. The van der Waals surface area contributed by atoms with Crippen molar-refractivity contribution in [1.82, 2.24) is 5.32 Å². The standard InChI is InChI=1S/C19H29N/c1-4-7-20-19(18-11-16-10-17(16)12-18)9-15-6-5-13(2)14(3)8-15/h5-6,8,16-20H,4,7,9-12H2,1-3H3. The summed E-state index contributed by atoms with van der Waals surface area (Å²) in [6.07, 6.45) is 6.95. The molecule has 1 nitrogen and oxygen atoms in total. The van der Waals surface area contributed by atoms with Gasteiger partial charge in [-0.25, -0.2) is 0 Å². The van der Waals surface area contributed by atoms with Gasteiger partial charge in [0, 0.05) is 6.04 Å². The smallest absolute Gasteiger partial charge is 0.0136 e. The number of hydrogen-bond acceptors (Lipinski definition) is 1. The molecule has 3 rings (SSSR count). The van der Waals surface area contributed by atoms with Crippen LogP contribution in [0.25, 0.3) is 0 Å². The van der Waals surface area contributed by atoms with E-state index in [0.29, 0.717) is 6.04 Å². The predicted octanol–water partition coefficient (Wildman–Crippen LogP) is 4.26. The van der Waals surface area contributed by atoms with E-state index in [4.69, 9.17) is 0 Å². The van der Waals surface area contributed by atoms with Crippen LogP contribution in [0.4, 0.5) is 0 Å². The molecule has 2 aliphatic carbocycles. The zero-order valence-electron chi connectivity index (χ0n) is 13.3. The zero-order valence-corrected chi connectivity index (χ0v) is 13.3. The van der Waals surface area contributed by atoms with Crippen molar-refractivity contribution in [3.63, 3.8) is 0 Å². The molecule has 0 spiro atoms. The summed E-state index contributed by atoms with van der Waals surface area (Å²) in [7, 11) is 0. The van der Waals surface area contributed by atoms with Gasteiger partial charge in [0.05, 0.1) is 0 Å². The van der Waals surface area contributed by atoms with Crippen LogP contribution in [0.1, 0.15) is 49.3 Å². The highest BCUT2D eigenvalue weighted by Gasteiger charge is 2.47. The van der Waals surface area contributed by atoms with E-state index in [1.807, 2.05) is 0 Å². The van der Waals surface area contributed by atoms with E-state index in [1.165, 1.54) is 55.3 Å². The maximum Gasteiger partial charge on any atom is 0.0136 e. The van der Waals surface area contributed by atoms with Crippen molar-refractivity contribution in [3.05, 3.63) is 34.9 Å². The minimum Gasteiger partial charge on any atom is -0.313 e. The summed E-state index contributed by atoms with van der Waals surface area (Å²) in [6.45, 7) is 7.88. The Bertz CT molecular complexity index is 455. The SMILES string of the molecule is CCCNC(Cc1ccc(C)c(C)c1)C1CC2CC2C1. The van der Waals surface area contributed by atoms with E-state index in [1.54, 1.807) is 0 Å². The third-order valence-electron chi connectivity index (χ3n) is 5.53. The third-order valence-corrected chi connectivity index (χ3v) is 5.53. The zero-order chi connectivity index (χ0) is 14.1. The van der Waals surface area contributed by atoms with E-state index in [9.17, 15) is 0 Å². The molecule has 20 heavy (non-hydrogen) atoms. The second-order valence-corrected chi connectivity index (χ2v) is 7.17. The van der Waals surface area contributed by atoms with Gasteiger partial charge in [-0.15, -0.1) is 0 Å². The second kappa shape index (κ2) is 5.89. The number of nitrogens with one attached hydrogen (secondary N) is 1. The van der Waals surface area contributed by atoms with Gasteiger partial charge in [0.25, 0.3) is 0 Å². The maximum atomic E-state index is 3.84. The first-order chi connectivity index (χ1) is 9.67. The second-order valence-electron chi connectivity index (χ2n) is 7.17. The Balaban J connectivity index is 1.66. The summed E-state index contributed by atoms with van der Waals surface area (Å²) < 4.78 is 0. The fraction of sp³-hybridized carbons (Fsp3) is 0.684. The molecule has 1 N–H and O–H groups in total. The molecular formula is C19H29N.